The van der Waals surface area contributed by atoms with Gasteiger partial charge in [-0.2, -0.15) is 0 Å². The average Bonchev–Trinajstić information content (AvgIpc) is 2.64. The van der Waals surface area contributed by atoms with Crippen LogP contribution in [0, 0.1) is 0 Å². The van der Waals surface area contributed by atoms with Crippen LogP contribution in [0.3, 0.4) is 0 Å². The molecule has 0 amide bonds. The second-order valence-corrected chi connectivity index (χ2v) is 5.75. The normalized spacial score (nSPS) is 15.0. The topological polar surface area (TPSA) is 35.2 Å². The molecule has 0 fully saturated rings. The zero-order chi connectivity index (χ0) is 12.0. The summed E-state index contributed by atoms with van der Waals surface area (Å²) >= 11 is 7.46. The molecule has 0 aliphatic heterocycles. The molecule has 1 heterocycles. The van der Waals surface area contributed by atoms with E-state index < -0.39 is 0 Å². The molecule has 0 aromatic carbocycles. The molecule has 2 nitrogen and oxygen atoms in total. The number of rotatable bonds is 7. The Kier molecular flexibility index (Phi) is 6.36. The van der Waals surface area contributed by atoms with E-state index in [2.05, 4.69) is 6.92 Å². The van der Waals surface area contributed by atoms with E-state index in [1.807, 2.05) is 19.1 Å². The Hall–Kier alpha value is -0.0900. The van der Waals surface area contributed by atoms with E-state index in [1.165, 1.54) is 12.8 Å². The lowest BCUT2D eigenvalue weighted by molar-refractivity contribution is 0.0384. The number of ether oxygens (including phenoxy) is 1. The first-order valence-corrected chi connectivity index (χ1v) is 6.97. The molecular weight excluding hydrogens is 242 g/mol. The predicted molar refractivity (Wildman–Crippen MR) is 71.2 cm³/mol. The van der Waals surface area contributed by atoms with Gasteiger partial charge in [0.2, 0.25) is 0 Å². The fourth-order valence-electron chi connectivity index (χ4n) is 1.54. The Bertz CT molecular complexity index is 301. The van der Waals surface area contributed by atoms with Crippen LogP contribution in [0.25, 0.3) is 0 Å². The van der Waals surface area contributed by atoms with Gasteiger partial charge < -0.3 is 10.5 Å². The highest BCUT2D eigenvalue weighted by Gasteiger charge is 2.18. The van der Waals surface area contributed by atoms with Crippen LogP contribution in [0.5, 0.6) is 0 Å². The van der Waals surface area contributed by atoms with Gasteiger partial charge in [-0.3, -0.25) is 0 Å². The number of nitrogens with two attached hydrogens (primary N) is 1. The SMILES string of the molecule is CCCCCOC(c1ccc(Cl)s1)C(C)N. The van der Waals surface area contributed by atoms with Crippen molar-refractivity contribution in [3.05, 3.63) is 21.3 Å². The fraction of sp³-hybridized carbons (Fsp3) is 0.667. The summed E-state index contributed by atoms with van der Waals surface area (Å²) in [5.41, 5.74) is 5.93. The summed E-state index contributed by atoms with van der Waals surface area (Å²) in [4.78, 5) is 1.12. The van der Waals surface area contributed by atoms with Gasteiger partial charge in [-0.1, -0.05) is 31.4 Å². The number of hydrogen-bond acceptors (Lipinski definition) is 3. The molecule has 0 spiro atoms. The van der Waals surface area contributed by atoms with E-state index in [-0.39, 0.29) is 12.1 Å². The maximum absolute atomic E-state index is 5.93. The lowest BCUT2D eigenvalue weighted by Gasteiger charge is -2.20. The van der Waals surface area contributed by atoms with Gasteiger partial charge in [0.25, 0.3) is 0 Å². The Morgan fingerprint density at radius 2 is 2.19 bits per heavy atom. The smallest absolute Gasteiger partial charge is 0.106 e. The van der Waals surface area contributed by atoms with E-state index in [1.54, 1.807) is 11.3 Å². The molecule has 2 unspecified atom stereocenters. The van der Waals surface area contributed by atoms with Crippen LogP contribution in [-0.2, 0) is 4.74 Å². The van der Waals surface area contributed by atoms with Crippen molar-refractivity contribution in [2.45, 2.75) is 45.3 Å². The van der Waals surface area contributed by atoms with Gasteiger partial charge in [0.1, 0.15) is 6.10 Å². The van der Waals surface area contributed by atoms with E-state index in [0.717, 1.165) is 22.2 Å². The van der Waals surface area contributed by atoms with Gasteiger partial charge >= 0.3 is 0 Å². The molecule has 1 aromatic heterocycles. The first-order chi connectivity index (χ1) is 7.65. The molecule has 1 rings (SSSR count). The lowest BCUT2D eigenvalue weighted by atomic mass is 10.1. The molecule has 0 saturated carbocycles. The molecule has 0 saturated heterocycles. The summed E-state index contributed by atoms with van der Waals surface area (Å²) in [6.07, 6.45) is 3.49. The third-order valence-corrected chi connectivity index (χ3v) is 3.69. The Morgan fingerprint density at radius 1 is 1.44 bits per heavy atom. The maximum Gasteiger partial charge on any atom is 0.106 e. The van der Waals surface area contributed by atoms with Crippen molar-refractivity contribution in [1.29, 1.82) is 0 Å². The van der Waals surface area contributed by atoms with Crippen LogP contribution in [0.2, 0.25) is 4.34 Å². The minimum atomic E-state index is -0.0191. The summed E-state index contributed by atoms with van der Waals surface area (Å²) in [7, 11) is 0. The minimum absolute atomic E-state index is 0.00339. The molecule has 92 valence electrons. The Balaban J connectivity index is 2.48. The lowest BCUT2D eigenvalue weighted by Crippen LogP contribution is -2.26. The van der Waals surface area contributed by atoms with Crippen LogP contribution in [-0.4, -0.2) is 12.6 Å². The third-order valence-electron chi connectivity index (χ3n) is 2.40. The highest BCUT2D eigenvalue weighted by Crippen LogP contribution is 2.30. The molecule has 1 aromatic rings. The van der Waals surface area contributed by atoms with Crippen LogP contribution in [0.1, 0.15) is 44.1 Å². The van der Waals surface area contributed by atoms with Gasteiger partial charge in [0, 0.05) is 17.5 Å². The van der Waals surface area contributed by atoms with E-state index in [9.17, 15) is 0 Å². The highest BCUT2D eigenvalue weighted by atomic mass is 35.5. The average molecular weight is 262 g/mol. The first kappa shape index (κ1) is 14.0. The van der Waals surface area contributed by atoms with Crippen molar-refractivity contribution in [3.8, 4) is 0 Å². The molecule has 0 aliphatic carbocycles. The van der Waals surface area contributed by atoms with Crippen molar-refractivity contribution < 1.29 is 4.74 Å². The van der Waals surface area contributed by atoms with Crippen molar-refractivity contribution >= 4 is 22.9 Å². The quantitative estimate of drug-likeness (QED) is 0.753. The van der Waals surface area contributed by atoms with Gasteiger partial charge in [-0.15, -0.1) is 11.3 Å². The molecule has 0 aliphatic rings. The second kappa shape index (κ2) is 7.28. The third kappa shape index (κ3) is 4.42. The molecule has 2 N–H and O–H groups in total. The van der Waals surface area contributed by atoms with E-state index in [4.69, 9.17) is 22.1 Å². The number of halogens is 1. The second-order valence-electron chi connectivity index (χ2n) is 4.00. The van der Waals surface area contributed by atoms with Crippen molar-refractivity contribution in [2.24, 2.45) is 5.73 Å². The first-order valence-electron chi connectivity index (χ1n) is 5.77. The molecule has 4 heteroatoms. The van der Waals surface area contributed by atoms with Crippen LogP contribution in [0.15, 0.2) is 12.1 Å². The molecule has 0 bridgehead atoms. The molecule has 2 atom stereocenters. The van der Waals surface area contributed by atoms with E-state index >= 15 is 0 Å². The summed E-state index contributed by atoms with van der Waals surface area (Å²) in [6, 6.07) is 3.89. The Labute approximate surface area is 107 Å². The van der Waals surface area contributed by atoms with Crippen LogP contribution >= 0.6 is 22.9 Å². The number of hydrogen-bond donors (Lipinski definition) is 1. The largest absolute Gasteiger partial charge is 0.371 e. The predicted octanol–water partition coefficient (Wildman–Crippen LogP) is 4.00. The van der Waals surface area contributed by atoms with Gasteiger partial charge in [0.15, 0.2) is 0 Å². The molecule has 0 radical (unpaired) electrons. The Morgan fingerprint density at radius 3 is 2.69 bits per heavy atom. The van der Waals surface area contributed by atoms with Gasteiger partial charge in [-0.05, 0) is 25.5 Å². The standard InChI is InChI=1S/C12H20ClNOS/c1-3-4-5-8-15-12(9(2)14)10-6-7-11(13)16-10/h6-7,9,12H,3-5,8,14H2,1-2H3. The molecular formula is C12H20ClNOS. The summed E-state index contributed by atoms with van der Waals surface area (Å²) in [5, 5.41) is 0. The number of thiophene rings is 1. The van der Waals surface area contributed by atoms with Crippen LogP contribution < -0.4 is 5.73 Å². The van der Waals surface area contributed by atoms with Crippen LogP contribution in [0.4, 0.5) is 0 Å². The fourth-order valence-corrected chi connectivity index (χ4v) is 2.76. The number of unbranched alkanes of at least 4 members (excludes halogenated alkanes) is 2. The zero-order valence-corrected chi connectivity index (χ0v) is 11.5. The highest BCUT2D eigenvalue weighted by molar-refractivity contribution is 7.16. The monoisotopic (exact) mass is 261 g/mol. The minimum Gasteiger partial charge on any atom is -0.371 e. The maximum atomic E-state index is 5.93. The zero-order valence-electron chi connectivity index (χ0n) is 9.91. The van der Waals surface area contributed by atoms with E-state index in [0.29, 0.717) is 0 Å². The van der Waals surface area contributed by atoms with Gasteiger partial charge in [0.05, 0.1) is 4.34 Å². The van der Waals surface area contributed by atoms with Crippen molar-refractivity contribution in [1.82, 2.24) is 0 Å². The summed E-state index contributed by atoms with van der Waals surface area (Å²) in [6.45, 7) is 4.93. The summed E-state index contributed by atoms with van der Waals surface area (Å²) in [5.74, 6) is 0. The summed E-state index contributed by atoms with van der Waals surface area (Å²) < 4.78 is 6.62. The van der Waals surface area contributed by atoms with Crippen molar-refractivity contribution in [2.75, 3.05) is 6.61 Å². The van der Waals surface area contributed by atoms with Crippen molar-refractivity contribution in [3.63, 3.8) is 0 Å². The van der Waals surface area contributed by atoms with Gasteiger partial charge in [-0.25, -0.2) is 0 Å². The molecule has 16 heavy (non-hydrogen) atoms.